The number of ether oxygens (including phenoxy) is 2. The number of halogens is 3. The average molecular weight is 637 g/mol. The molecule has 1 fully saturated rings. The third-order valence-electron chi connectivity index (χ3n) is 5.40. The van der Waals surface area contributed by atoms with Crippen LogP contribution in [0.4, 0.5) is 4.79 Å². The average Bonchev–Trinajstić information content (AvgIpc) is 3.08. The number of hydrogen-bond acceptors (Lipinski definition) is 4. The number of hydrogen-bond donors (Lipinski definition) is 1. The second-order valence-electron chi connectivity index (χ2n) is 8.17. The normalized spacial score (nSPS) is 14.4. The van der Waals surface area contributed by atoms with Gasteiger partial charge in [-0.2, -0.15) is 0 Å². The van der Waals surface area contributed by atoms with Crippen LogP contribution in [0.2, 0.25) is 10.0 Å². The number of urea groups is 1. The summed E-state index contributed by atoms with van der Waals surface area (Å²) < 4.78 is 12.7. The summed E-state index contributed by atoms with van der Waals surface area (Å²) in [4.78, 5) is 26.7. The number of amides is 3. The standard InChI is InChI=1S/C27H23Cl2IN2O4/c1-3-35-24-13-19(11-22(30)25(24)36-15-18-7-8-20(28)21(29)10-18)12-23-26(33)32(27(34)31-23)14-17-6-4-5-16(2)9-17/h4-13H,3,14-15H2,1-2H3,(H,31,34)/b23-12+. The molecule has 6 nitrogen and oxygen atoms in total. The molecule has 186 valence electrons. The summed E-state index contributed by atoms with van der Waals surface area (Å²) in [5.41, 5.74) is 3.72. The third-order valence-corrected chi connectivity index (χ3v) is 6.94. The van der Waals surface area contributed by atoms with Crippen molar-refractivity contribution in [1.29, 1.82) is 0 Å². The van der Waals surface area contributed by atoms with Crippen molar-refractivity contribution in [3.05, 3.63) is 96.2 Å². The van der Waals surface area contributed by atoms with E-state index in [0.717, 1.165) is 20.3 Å². The first-order valence-electron chi connectivity index (χ1n) is 11.2. The number of aryl methyl sites for hydroxylation is 1. The monoisotopic (exact) mass is 636 g/mol. The summed E-state index contributed by atoms with van der Waals surface area (Å²) in [6.45, 7) is 4.75. The van der Waals surface area contributed by atoms with E-state index < -0.39 is 6.03 Å². The molecule has 0 aromatic heterocycles. The molecule has 1 aliphatic rings. The highest BCUT2D eigenvalue weighted by Crippen LogP contribution is 2.36. The van der Waals surface area contributed by atoms with Gasteiger partial charge in [-0.3, -0.25) is 9.69 Å². The summed E-state index contributed by atoms with van der Waals surface area (Å²) in [6.07, 6.45) is 1.64. The fourth-order valence-corrected chi connectivity index (χ4v) is 4.84. The van der Waals surface area contributed by atoms with Crippen molar-refractivity contribution in [1.82, 2.24) is 10.2 Å². The van der Waals surface area contributed by atoms with Gasteiger partial charge in [-0.25, -0.2) is 4.79 Å². The first-order valence-corrected chi connectivity index (χ1v) is 13.0. The van der Waals surface area contributed by atoms with Crippen LogP contribution in [0.15, 0.2) is 60.3 Å². The largest absolute Gasteiger partial charge is 0.490 e. The summed E-state index contributed by atoms with van der Waals surface area (Å²) in [5, 5.41) is 3.62. The van der Waals surface area contributed by atoms with E-state index in [0.29, 0.717) is 33.7 Å². The van der Waals surface area contributed by atoms with E-state index >= 15 is 0 Å². The van der Waals surface area contributed by atoms with E-state index in [2.05, 4.69) is 27.9 Å². The zero-order valence-electron chi connectivity index (χ0n) is 19.6. The highest BCUT2D eigenvalue weighted by Gasteiger charge is 2.33. The molecular weight excluding hydrogens is 614 g/mol. The first kappa shape index (κ1) is 26.3. The molecular formula is C27H23Cl2IN2O4. The third kappa shape index (κ3) is 6.14. The van der Waals surface area contributed by atoms with Gasteiger partial charge in [0.05, 0.1) is 26.8 Å². The Morgan fingerprint density at radius 2 is 1.81 bits per heavy atom. The Kier molecular flexibility index (Phi) is 8.43. The highest BCUT2D eigenvalue weighted by molar-refractivity contribution is 14.1. The van der Waals surface area contributed by atoms with Crippen LogP contribution in [0.3, 0.4) is 0 Å². The van der Waals surface area contributed by atoms with E-state index in [1.165, 1.54) is 4.90 Å². The molecule has 3 amide bonds. The SMILES string of the molecule is CCOc1cc(/C=C2/NC(=O)N(Cc3cccc(C)c3)C2=O)cc(I)c1OCc1ccc(Cl)c(Cl)c1. The molecule has 0 aliphatic carbocycles. The molecule has 36 heavy (non-hydrogen) atoms. The second-order valence-corrected chi connectivity index (χ2v) is 10.1. The van der Waals surface area contributed by atoms with Crippen LogP contribution in [0.25, 0.3) is 6.08 Å². The molecule has 0 unspecified atom stereocenters. The van der Waals surface area contributed by atoms with Crippen molar-refractivity contribution in [2.75, 3.05) is 6.61 Å². The minimum atomic E-state index is -0.450. The van der Waals surface area contributed by atoms with Gasteiger partial charge in [0.2, 0.25) is 0 Å². The molecule has 3 aromatic rings. The molecule has 0 radical (unpaired) electrons. The predicted octanol–water partition coefficient (Wildman–Crippen LogP) is 6.98. The smallest absolute Gasteiger partial charge is 0.329 e. The van der Waals surface area contributed by atoms with Gasteiger partial charge in [0, 0.05) is 0 Å². The molecule has 9 heteroatoms. The minimum Gasteiger partial charge on any atom is -0.490 e. The van der Waals surface area contributed by atoms with E-state index in [1.807, 2.05) is 50.2 Å². The molecule has 0 spiro atoms. The molecule has 0 bridgehead atoms. The molecule has 1 aliphatic heterocycles. The Labute approximate surface area is 233 Å². The molecule has 0 atom stereocenters. The molecule has 1 N–H and O–H groups in total. The van der Waals surface area contributed by atoms with Crippen LogP contribution in [0.1, 0.15) is 29.2 Å². The molecule has 1 saturated heterocycles. The molecule has 3 aromatic carbocycles. The van der Waals surface area contributed by atoms with E-state index in [1.54, 1.807) is 24.3 Å². The van der Waals surface area contributed by atoms with Gasteiger partial charge in [-0.05, 0) is 83.5 Å². The number of benzene rings is 3. The lowest BCUT2D eigenvalue weighted by molar-refractivity contribution is -0.123. The Hall–Kier alpha value is -2.75. The number of nitrogens with zero attached hydrogens (tertiary/aromatic N) is 1. The van der Waals surface area contributed by atoms with Gasteiger partial charge >= 0.3 is 6.03 Å². The van der Waals surface area contributed by atoms with Gasteiger partial charge in [0.25, 0.3) is 5.91 Å². The lowest BCUT2D eigenvalue weighted by Gasteiger charge is -2.15. The van der Waals surface area contributed by atoms with Crippen molar-refractivity contribution in [2.24, 2.45) is 0 Å². The van der Waals surface area contributed by atoms with Crippen LogP contribution >= 0.6 is 45.8 Å². The quantitative estimate of drug-likeness (QED) is 0.165. The first-order chi connectivity index (χ1) is 17.2. The number of rotatable bonds is 8. The van der Waals surface area contributed by atoms with Crippen LogP contribution in [-0.4, -0.2) is 23.4 Å². The van der Waals surface area contributed by atoms with Crippen molar-refractivity contribution in [3.8, 4) is 11.5 Å². The Morgan fingerprint density at radius 3 is 2.53 bits per heavy atom. The van der Waals surface area contributed by atoms with E-state index in [-0.39, 0.29) is 24.8 Å². The Morgan fingerprint density at radius 1 is 1.00 bits per heavy atom. The van der Waals surface area contributed by atoms with Crippen molar-refractivity contribution >= 4 is 63.8 Å². The van der Waals surface area contributed by atoms with Gasteiger partial charge in [0.15, 0.2) is 11.5 Å². The number of carbonyl (C=O) groups is 2. The van der Waals surface area contributed by atoms with Crippen LogP contribution in [0.5, 0.6) is 11.5 Å². The van der Waals surface area contributed by atoms with Crippen LogP contribution in [0, 0.1) is 10.5 Å². The lowest BCUT2D eigenvalue weighted by Crippen LogP contribution is -2.30. The van der Waals surface area contributed by atoms with E-state index in [9.17, 15) is 9.59 Å². The van der Waals surface area contributed by atoms with Crippen molar-refractivity contribution < 1.29 is 19.1 Å². The number of imide groups is 1. The fraction of sp³-hybridized carbons (Fsp3) is 0.185. The molecule has 1 heterocycles. The summed E-state index contributed by atoms with van der Waals surface area (Å²) in [6, 6.07) is 16.2. The number of nitrogens with one attached hydrogen (secondary N) is 1. The van der Waals surface area contributed by atoms with Gasteiger partial charge < -0.3 is 14.8 Å². The second kappa shape index (κ2) is 11.5. The zero-order chi connectivity index (χ0) is 25.8. The minimum absolute atomic E-state index is 0.201. The Balaban J connectivity index is 1.55. The maximum Gasteiger partial charge on any atom is 0.329 e. The predicted molar refractivity (Wildman–Crippen MR) is 149 cm³/mol. The summed E-state index contributed by atoms with van der Waals surface area (Å²) in [7, 11) is 0. The van der Waals surface area contributed by atoms with Crippen LogP contribution < -0.4 is 14.8 Å². The summed E-state index contributed by atoms with van der Waals surface area (Å²) >= 11 is 14.3. The number of carbonyl (C=O) groups excluding carboxylic acids is 2. The lowest BCUT2D eigenvalue weighted by atomic mass is 10.1. The molecule has 0 saturated carbocycles. The van der Waals surface area contributed by atoms with Gasteiger partial charge in [-0.15, -0.1) is 0 Å². The highest BCUT2D eigenvalue weighted by atomic mass is 127. The maximum absolute atomic E-state index is 13.0. The van der Waals surface area contributed by atoms with Gasteiger partial charge in [0.1, 0.15) is 12.3 Å². The zero-order valence-corrected chi connectivity index (χ0v) is 23.3. The Bertz CT molecular complexity index is 1360. The van der Waals surface area contributed by atoms with Crippen LogP contribution in [-0.2, 0) is 17.9 Å². The van der Waals surface area contributed by atoms with Crippen molar-refractivity contribution in [3.63, 3.8) is 0 Å². The van der Waals surface area contributed by atoms with E-state index in [4.69, 9.17) is 32.7 Å². The maximum atomic E-state index is 13.0. The topological polar surface area (TPSA) is 67.9 Å². The fourth-order valence-electron chi connectivity index (χ4n) is 3.73. The van der Waals surface area contributed by atoms with Gasteiger partial charge in [-0.1, -0.05) is 59.1 Å². The summed E-state index contributed by atoms with van der Waals surface area (Å²) in [5.74, 6) is 0.729. The molecule has 4 rings (SSSR count). The van der Waals surface area contributed by atoms with Crippen molar-refractivity contribution in [2.45, 2.75) is 27.0 Å².